The van der Waals surface area contributed by atoms with Crippen LogP contribution < -0.4 is 10.2 Å². The van der Waals surface area contributed by atoms with Crippen molar-refractivity contribution in [3.8, 4) is 0 Å². The Balaban J connectivity index is 1.47. The molecular weight excluding hydrogens is 335 g/mol. The van der Waals surface area contributed by atoms with Crippen molar-refractivity contribution < 1.29 is 9.18 Å². The zero-order valence-electron chi connectivity index (χ0n) is 14.4. The third-order valence-corrected chi connectivity index (χ3v) is 4.59. The van der Waals surface area contributed by atoms with Crippen molar-refractivity contribution >= 4 is 17.4 Å². The Morgan fingerprint density at radius 1 is 1.19 bits per heavy atom. The molecule has 1 atom stereocenters. The highest BCUT2D eigenvalue weighted by Crippen LogP contribution is 2.19. The summed E-state index contributed by atoms with van der Waals surface area (Å²) >= 11 is 0. The van der Waals surface area contributed by atoms with Gasteiger partial charge < -0.3 is 10.2 Å². The van der Waals surface area contributed by atoms with E-state index in [1.807, 2.05) is 19.1 Å². The van der Waals surface area contributed by atoms with Gasteiger partial charge in [0.05, 0.1) is 0 Å². The number of rotatable bonds is 3. The molecule has 4 rings (SSSR count). The van der Waals surface area contributed by atoms with Gasteiger partial charge in [-0.2, -0.15) is 4.52 Å². The molecular formula is C18H19FN6O. The summed E-state index contributed by atoms with van der Waals surface area (Å²) in [5, 5.41) is 15.7. The van der Waals surface area contributed by atoms with Crippen LogP contribution in [-0.4, -0.2) is 44.8 Å². The number of fused-ring (bicyclic) bond motifs is 1. The first kappa shape index (κ1) is 16.4. The molecule has 0 bridgehead atoms. The van der Waals surface area contributed by atoms with Crippen molar-refractivity contribution in [3.05, 3.63) is 53.6 Å². The molecule has 1 aromatic carbocycles. The number of nitrogens with zero attached hydrogens (tertiary/aromatic N) is 5. The van der Waals surface area contributed by atoms with Gasteiger partial charge in [0.1, 0.15) is 11.6 Å². The van der Waals surface area contributed by atoms with Crippen LogP contribution in [0.1, 0.15) is 29.0 Å². The van der Waals surface area contributed by atoms with E-state index in [4.69, 9.17) is 0 Å². The first-order valence-corrected chi connectivity index (χ1v) is 8.60. The van der Waals surface area contributed by atoms with E-state index in [-0.39, 0.29) is 17.8 Å². The minimum atomic E-state index is -0.351. The summed E-state index contributed by atoms with van der Waals surface area (Å²) in [6.45, 7) is 3.41. The molecule has 0 saturated carbocycles. The second kappa shape index (κ2) is 6.70. The largest absolute Gasteiger partial charge is 0.353 e. The lowest BCUT2D eigenvalue weighted by Crippen LogP contribution is -2.48. The van der Waals surface area contributed by atoms with Crippen LogP contribution in [-0.2, 0) is 0 Å². The minimum absolute atomic E-state index is 0.0146. The zero-order chi connectivity index (χ0) is 18.1. The topological polar surface area (TPSA) is 75.4 Å². The van der Waals surface area contributed by atoms with Crippen LogP contribution in [0, 0.1) is 12.7 Å². The Hall–Kier alpha value is -3.03. The predicted molar refractivity (Wildman–Crippen MR) is 94.6 cm³/mol. The monoisotopic (exact) mass is 354 g/mol. The molecule has 0 aliphatic carbocycles. The van der Waals surface area contributed by atoms with Crippen LogP contribution in [0.4, 0.5) is 10.2 Å². The number of hydrogen-bond acceptors (Lipinski definition) is 5. The number of aromatic nitrogens is 4. The SMILES string of the molecule is Cc1nnc2ccc(N3CCCC(NC(=O)c4ccc(F)cc4)C3)nn12. The number of aryl methyl sites for hydroxylation is 1. The number of benzene rings is 1. The molecule has 7 nitrogen and oxygen atoms in total. The number of piperidine rings is 1. The average Bonchev–Trinajstić information content (AvgIpc) is 3.03. The van der Waals surface area contributed by atoms with Gasteiger partial charge in [0.2, 0.25) is 0 Å². The van der Waals surface area contributed by atoms with Crippen LogP contribution in [0.3, 0.4) is 0 Å². The van der Waals surface area contributed by atoms with E-state index in [1.54, 1.807) is 4.52 Å². The van der Waals surface area contributed by atoms with Gasteiger partial charge in [-0.3, -0.25) is 4.79 Å². The molecule has 3 heterocycles. The quantitative estimate of drug-likeness (QED) is 0.778. The number of nitrogens with one attached hydrogen (secondary N) is 1. The summed E-state index contributed by atoms with van der Waals surface area (Å²) in [7, 11) is 0. The number of halogens is 1. The van der Waals surface area contributed by atoms with E-state index in [0.717, 1.165) is 31.0 Å². The summed E-state index contributed by atoms with van der Waals surface area (Å²) in [5.74, 6) is 1.03. The van der Waals surface area contributed by atoms with Gasteiger partial charge in [-0.15, -0.1) is 15.3 Å². The molecule has 3 aromatic rings. The summed E-state index contributed by atoms with van der Waals surface area (Å²) < 4.78 is 14.7. The Labute approximate surface area is 149 Å². The van der Waals surface area contributed by atoms with Gasteiger partial charge in [-0.1, -0.05) is 0 Å². The number of carbonyl (C=O) groups excluding carboxylic acids is 1. The number of amides is 1. The van der Waals surface area contributed by atoms with Crippen LogP contribution in [0.25, 0.3) is 5.65 Å². The van der Waals surface area contributed by atoms with E-state index in [9.17, 15) is 9.18 Å². The minimum Gasteiger partial charge on any atom is -0.353 e. The van der Waals surface area contributed by atoms with Gasteiger partial charge >= 0.3 is 0 Å². The summed E-state index contributed by atoms with van der Waals surface area (Å²) in [4.78, 5) is 14.5. The van der Waals surface area contributed by atoms with Crippen molar-refractivity contribution in [1.82, 2.24) is 25.1 Å². The molecule has 1 N–H and O–H groups in total. The highest BCUT2D eigenvalue weighted by atomic mass is 19.1. The van der Waals surface area contributed by atoms with Gasteiger partial charge in [0.25, 0.3) is 5.91 Å². The van der Waals surface area contributed by atoms with E-state index < -0.39 is 0 Å². The third kappa shape index (κ3) is 3.22. The van der Waals surface area contributed by atoms with Crippen LogP contribution in [0.2, 0.25) is 0 Å². The molecule has 1 fully saturated rings. The van der Waals surface area contributed by atoms with Crippen LogP contribution >= 0.6 is 0 Å². The molecule has 0 spiro atoms. The lowest BCUT2D eigenvalue weighted by atomic mass is 10.0. The number of hydrogen-bond donors (Lipinski definition) is 1. The maximum Gasteiger partial charge on any atom is 0.251 e. The number of carbonyl (C=O) groups is 1. The van der Waals surface area contributed by atoms with Gasteiger partial charge in [0.15, 0.2) is 11.5 Å². The fraction of sp³-hybridized carbons (Fsp3) is 0.333. The maximum absolute atomic E-state index is 13.0. The first-order chi connectivity index (χ1) is 12.6. The smallest absolute Gasteiger partial charge is 0.251 e. The van der Waals surface area contributed by atoms with Crippen molar-refractivity contribution in [1.29, 1.82) is 0 Å². The fourth-order valence-electron chi connectivity index (χ4n) is 3.23. The second-order valence-corrected chi connectivity index (χ2v) is 6.47. The summed E-state index contributed by atoms with van der Waals surface area (Å²) in [6, 6.07) is 9.41. The Morgan fingerprint density at radius 3 is 2.81 bits per heavy atom. The molecule has 1 saturated heterocycles. The van der Waals surface area contributed by atoms with Crippen molar-refractivity contribution in [2.45, 2.75) is 25.8 Å². The predicted octanol–water partition coefficient (Wildman–Crippen LogP) is 1.97. The first-order valence-electron chi connectivity index (χ1n) is 8.60. The lowest BCUT2D eigenvalue weighted by molar-refractivity contribution is 0.0933. The van der Waals surface area contributed by atoms with Crippen molar-refractivity contribution in [2.75, 3.05) is 18.0 Å². The van der Waals surface area contributed by atoms with E-state index >= 15 is 0 Å². The van der Waals surface area contributed by atoms with E-state index in [2.05, 4.69) is 25.5 Å². The van der Waals surface area contributed by atoms with Crippen LogP contribution in [0.5, 0.6) is 0 Å². The summed E-state index contributed by atoms with van der Waals surface area (Å²) in [6.07, 6.45) is 1.85. The van der Waals surface area contributed by atoms with Crippen molar-refractivity contribution in [3.63, 3.8) is 0 Å². The normalized spacial score (nSPS) is 17.5. The Kier molecular flexibility index (Phi) is 4.24. The average molecular weight is 354 g/mol. The van der Waals surface area contributed by atoms with Gasteiger partial charge in [-0.25, -0.2) is 4.39 Å². The molecule has 134 valence electrons. The molecule has 1 aliphatic rings. The Morgan fingerprint density at radius 2 is 2.00 bits per heavy atom. The molecule has 2 aromatic heterocycles. The molecule has 26 heavy (non-hydrogen) atoms. The summed E-state index contributed by atoms with van der Waals surface area (Å²) in [5.41, 5.74) is 1.17. The van der Waals surface area contributed by atoms with E-state index in [1.165, 1.54) is 24.3 Å². The van der Waals surface area contributed by atoms with Gasteiger partial charge in [-0.05, 0) is 56.2 Å². The molecule has 0 radical (unpaired) electrons. The van der Waals surface area contributed by atoms with Gasteiger partial charge in [0, 0.05) is 24.7 Å². The Bertz CT molecular complexity index is 939. The molecule has 8 heteroatoms. The fourth-order valence-corrected chi connectivity index (χ4v) is 3.23. The van der Waals surface area contributed by atoms with Crippen molar-refractivity contribution in [2.24, 2.45) is 0 Å². The maximum atomic E-state index is 13.0. The van der Waals surface area contributed by atoms with Crippen LogP contribution in [0.15, 0.2) is 36.4 Å². The molecule has 1 aliphatic heterocycles. The highest BCUT2D eigenvalue weighted by molar-refractivity contribution is 5.94. The molecule has 1 unspecified atom stereocenters. The van der Waals surface area contributed by atoms with E-state index in [0.29, 0.717) is 17.8 Å². The zero-order valence-corrected chi connectivity index (χ0v) is 14.4. The lowest BCUT2D eigenvalue weighted by Gasteiger charge is -2.33. The standard InChI is InChI=1S/C18H19FN6O/c1-12-21-22-16-8-9-17(23-25(12)16)24-10-2-3-15(11-24)20-18(26)13-4-6-14(19)7-5-13/h4-9,15H,2-3,10-11H2,1H3,(H,20,26). The number of anilines is 1. The highest BCUT2D eigenvalue weighted by Gasteiger charge is 2.23. The second-order valence-electron chi connectivity index (χ2n) is 6.47. The third-order valence-electron chi connectivity index (χ3n) is 4.59. The molecule has 1 amide bonds.